The van der Waals surface area contributed by atoms with E-state index >= 15 is 0 Å². The summed E-state index contributed by atoms with van der Waals surface area (Å²) in [6.07, 6.45) is 5.54. The van der Waals surface area contributed by atoms with Crippen LogP contribution >= 0.6 is 23.4 Å². The van der Waals surface area contributed by atoms with E-state index in [1.807, 2.05) is 31.2 Å². The first-order valence-electron chi connectivity index (χ1n) is 8.12. The smallest absolute Gasteiger partial charge is 0.325 e. The minimum Gasteiger partial charge on any atom is -0.335 e. The van der Waals surface area contributed by atoms with Gasteiger partial charge in [-0.3, -0.25) is 9.69 Å². The maximum Gasteiger partial charge on any atom is 0.325 e. The second kappa shape index (κ2) is 7.14. The number of hydrogen-bond acceptors (Lipinski definition) is 3. The Kier molecular flexibility index (Phi) is 5.17. The van der Waals surface area contributed by atoms with Crippen molar-refractivity contribution in [2.45, 2.75) is 56.4 Å². The molecule has 1 saturated heterocycles. The maximum atomic E-state index is 12.5. The molecule has 1 aliphatic heterocycles. The number of nitrogens with zero attached hydrogens (tertiary/aromatic N) is 1. The lowest BCUT2D eigenvalue weighted by Crippen LogP contribution is -2.48. The highest BCUT2D eigenvalue weighted by molar-refractivity contribution is 8.14. The summed E-state index contributed by atoms with van der Waals surface area (Å²) in [5.74, 6) is 0. The number of carbonyl (C=O) groups is 2. The first-order chi connectivity index (χ1) is 11.1. The number of hydrogen-bond donors (Lipinski definition) is 1. The van der Waals surface area contributed by atoms with Gasteiger partial charge < -0.3 is 5.32 Å². The van der Waals surface area contributed by atoms with E-state index in [2.05, 4.69) is 5.32 Å². The van der Waals surface area contributed by atoms with E-state index in [1.54, 1.807) is 0 Å². The van der Waals surface area contributed by atoms with Gasteiger partial charge in [-0.25, -0.2) is 4.79 Å². The molecule has 2 fully saturated rings. The van der Waals surface area contributed by atoms with Crippen molar-refractivity contribution >= 4 is 34.6 Å². The molecule has 3 rings (SSSR count). The third-order valence-electron chi connectivity index (χ3n) is 4.60. The highest BCUT2D eigenvalue weighted by Gasteiger charge is 2.42. The molecule has 2 aliphatic rings. The number of halogens is 1. The van der Waals surface area contributed by atoms with Crippen LogP contribution in [0.4, 0.5) is 9.59 Å². The molecule has 1 heterocycles. The zero-order valence-electron chi connectivity index (χ0n) is 13.1. The number of nitrogens with one attached hydrogen (secondary N) is 1. The van der Waals surface area contributed by atoms with E-state index in [1.165, 1.54) is 23.1 Å². The zero-order valence-corrected chi connectivity index (χ0v) is 14.7. The Hall–Kier alpha value is -1.20. The highest BCUT2D eigenvalue weighted by Crippen LogP contribution is 2.43. The number of urea groups is 1. The van der Waals surface area contributed by atoms with Crippen LogP contribution in [0.15, 0.2) is 24.3 Å². The lowest BCUT2D eigenvalue weighted by Gasteiger charge is -2.27. The summed E-state index contributed by atoms with van der Waals surface area (Å²) in [6.45, 7) is 1.92. The van der Waals surface area contributed by atoms with Crippen LogP contribution in [0, 0.1) is 0 Å². The second-order valence-electron chi connectivity index (χ2n) is 6.25. The van der Waals surface area contributed by atoms with Crippen molar-refractivity contribution in [3.63, 3.8) is 0 Å². The molecule has 1 aromatic rings. The zero-order chi connectivity index (χ0) is 16.4. The van der Waals surface area contributed by atoms with Gasteiger partial charge in [0.2, 0.25) is 0 Å². The Morgan fingerprint density at radius 1 is 1.30 bits per heavy atom. The van der Waals surface area contributed by atoms with Gasteiger partial charge in [0.1, 0.15) is 0 Å². The number of carbonyl (C=O) groups excluding carboxylic acids is 2. The fourth-order valence-electron chi connectivity index (χ4n) is 3.35. The van der Waals surface area contributed by atoms with Crippen molar-refractivity contribution in [1.82, 2.24) is 10.2 Å². The van der Waals surface area contributed by atoms with Crippen LogP contribution in [0.25, 0.3) is 0 Å². The van der Waals surface area contributed by atoms with Gasteiger partial charge in [0.25, 0.3) is 5.24 Å². The Balaban J connectivity index is 1.70. The minimum absolute atomic E-state index is 0.0710. The van der Waals surface area contributed by atoms with Crippen LogP contribution in [0.3, 0.4) is 0 Å². The molecule has 0 radical (unpaired) electrons. The Labute approximate surface area is 145 Å². The predicted octanol–water partition coefficient (Wildman–Crippen LogP) is 4.98. The van der Waals surface area contributed by atoms with Crippen molar-refractivity contribution in [1.29, 1.82) is 0 Å². The molecule has 0 bridgehead atoms. The van der Waals surface area contributed by atoms with Crippen molar-refractivity contribution in [3.05, 3.63) is 34.9 Å². The molecule has 1 N–H and O–H groups in total. The number of rotatable bonds is 2. The number of amides is 3. The first-order valence-corrected chi connectivity index (χ1v) is 9.38. The van der Waals surface area contributed by atoms with Crippen molar-refractivity contribution in [2.24, 2.45) is 0 Å². The second-order valence-corrected chi connectivity index (χ2v) is 7.78. The van der Waals surface area contributed by atoms with E-state index < -0.39 is 0 Å². The standard InChI is InChI=1S/C17H21ClN2O2S/c1-11-15(12-6-5-7-13(18)10-12)23-17(22)20(11)16(21)19-14-8-3-2-4-9-14/h5-7,10-11,14-15H,2-4,8-9H2,1H3,(H,19,21). The summed E-state index contributed by atoms with van der Waals surface area (Å²) >= 11 is 7.25. The van der Waals surface area contributed by atoms with Crippen LogP contribution in [-0.2, 0) is 0 Å². The molecule has 1 saturated carbocycles. The molecule has 1 aromatic carbocycles. The normalized spacial score (nSPS) is 25.7. The molecule has 2 atom stereocenters. The van der Waals surface area contributed by atoms with Gasteiger partial charge in [-0.05, 0) is 37.5 Å². The van der Waals surface area contributed by atoms with Crippen LogP contribution in [0.2, 0.25) is 5.02 Å². The fourth-order valence-corrected chi connectivity index (χ4v) is 4.73. The van der Waals surface area contributed by atoms with E-state index in [4.69, 9.17) is 11.6 Å². The lowest BCUT2D eigenvalue weighted by molar-refractivity contribution is 0.184. The molecule has 0 aromatic heterocycles. The van der Waals surface area contributed by atoms with Crippen molar-refractivity contribution in [3.8, 4) is 0 Å². The van der Waals surface area contributed by atoms with Crippen LogP contribution < -0.4 is 5.32 Å². The Bertz CT molecular complexity index is 604. The Morgan fingerprint density at radius 3 is 2.74 bits per heavy atom. The average molecular weight is 353 g/mol. The van der Waals surface area contributed by atoms with Gasteiger partial charge in [0.05, 0.1) is 11.3 Å². The predicted molar refractivity (Wildman–Crippen MR) is 93.9 cm³/mol. The van der Waals surface area contributed by atoms with E-state index in [9.17, 15) is 9.59 Å². The van der Waals surface area contributed by atoms with Gasteiger partial charge in [0.15, 0.2) is 0 Å². The molecule has 1 aliphatic carbocycles. The van der Waals surface area contributed by atoms with Crippen LogP contribution in [0.5, 0.6) is 0 Å². The molecule has 2 unspecified atom stereocenters. The highest BCUT2D eigenvalue weighted by atomic mass is 35.5. The maximum absolute atomic E-state index is 12.5. The van der Waals surface area contributed by atoms with Crippen molar-refractivity contribution in [2.75, 3.05) is 0 Å². The molecule has 3 amide bonds. The molecule has 124 valence electrons. The van der Waals surface area contributed by atoms with Gasteiger partial charge >= 0.3 is 6.03 Å². The summed E-state index contributed by atoms with van der Waals surface area (Å²) in [6, 6.07) is 7.26. The van der Waals surface area contributed by atoms with Crippen LogP contribution in [-0.4, -0.2) is 28.3 Å². The first kappa shape index (κ1) is 16.7. The molecule has 23 heavy (non-hydrogen) atoms. The van der Waals surface area contributed by atoms with Gasteiger partial charge in [-0.2, -0.15) is 0 Å². The van der Waals surface area contributed by atoms with Crippen molar-refractivity contribution < 1.29 is 9.59 Å². The topological polar surface area (TPSA) is 49.4 Å². The van der Waals surface area contributed by atoms with Crippen LogP contribution in [0.1, 0.15) is 49.8 Å². The quantitative estimate of drug-likeness (QED) is 0.816. The minimum atomic E-state index is -0.258. The van der Waals surface area contributed by atoms with Gasteiger partial charge in [0, 0.05) is 11.1 Å². The van der Waals surface area contributed by atoms with Gasteiger partial charge in [-0.1, -0.05) is 54.8 Å². The molecular weight excluding hydrogens is 332 g/mol. The van der Waals surface area contributed by atoms with E-state index in [0.29, 0.717) is 5.02 Å². The summed E-state index contributed by atoms with van der Waals surface area (Å²) < 4.78 is 0. The monoisotopic (exact) mass is 352 g/mol. The summed E-state index contributed by atoms with van der Waals surface area (Å²) in [5.41, 5.74) is 0.983. The number of benzene rings is 1. The third kappa shape index (κ3) is 3.66. The van der Waals surface area contributed by atoms with E-state index in [0.717, 1.165) is 31.2 Å². The molecular formula is C17H21ClN2O2S. The molecule has 0 spiro atoms. The SMILES string of the molecule is CC1C(c2cccc(Cl)c2)SC(=O)N1C(=O)NC1CCCCC1. The fraction of sp³-hybridized carbons (Fsp3) is 0.529. The number of imide groups is 1. The largest absolute Gasteiger partial charge is 0.335 e. The third-order valence-corrected chi connectivity index (χ3v) is 6.15. The average Bonchev–Trinajstić information content (AvgIpc) is 2.83. The van der Waals surface area contributed by atoms with Gasteiger partial charge in [-0.15, -0.1) is 0 Å². The van der Waals surface area contributed by atoms with E-state index in [-0.39, 0.29) is 28.6 Å². The summed E-state index contributed by atoms with van der Waals surface area (Å²) in [5, 5.41) is 3.42. The molecule has 4 nitrogen and oxygen atoms in total. The number of thioether (sulfide) groups is 1. The summed E-state index contributed by atoms with van der Waals surface area (Å²) in [4.78, 5) is 26.2. The lowest BCUT2D eigenvalue weighted by atomic mass is 9.96. The molecule has 6 heteroatoms. The Morgan fingerprint density at radius 2 is 2.04 bits per heavy atom. The summed E-state index contributed by atoms with van der Waals surface area (Å²) in [7, 11) is 0.